The fourth-order valence-electron chi connectivity index (χ4n) is 1.29. The number of hydrogen-bond donors (Lipinski definition) is 1. The SMILES string of the molecule is CSCCC(C)N(C)C(=O)C(N)C(C)(C)C. The Hall–Kier alpha value is -0.220. The van der Waals surface area contributed by atoms with Gasteiger partial charge in [0, 0.05) is 13.1 Å². The van der Waals surface area contributed by atoms with Crippen LogP contribution in [0.1, 0.15) is 34.1 Å². The van der Waals surface area contributed by atoms with Crippen LogP contribution in [0.5, 0.6) is 0 Å². The maximum Gasteiger partial charge on any atom is 0.240 e. The monoisotopic (exact) mass is 246 g/mol. The van der Waals surface area contributed by atoms with Crippen LogP contribution in [0.25, 0.3) is 0 Å². The summed E-state index contributed by atoms with van der Waals surface area (Å²) in [5.74, 6) is 1.12. The van der Waals surface area contributed by atoms with Crippen molar-refractivity contribution in [1.82, 2.24) is 4.90 Å². The van der Waals surface area contributed by atoms with E-state index in [-0.39, 0.29) is 17.4 Å². The molecule has 0 bridgehead atoms. The second kappa shape index (κ2) is 6.50. The first kappa shape index (κ1) is 15.8. The summed E-state index contributed by atoms with van der Waals surface area (Å²) in [6.07, 6.45) is 3.09. The summed E-state index contributed by atoms with van der Waals surface area (Å²) in [7, 11) is 1.85. The molecule has 0 fully saturated rings. The van der Waals surface area contributed by atoms with Gasteiger partial charge < -0.3 is 10.6 Å². The fourth-order valence-corrected chi connectivity index (χ4v) is 1.87. The van der Waals surface area contributed by atoms with E-state index in [0.29, 0.717) is 0 Å². The van der Waals surface area contributed by atoms with E-state index in [0.717, 1.165) is 12.2 Å². The quantitative estimate of drug-likeness (QED) is 0.806. The molecular weight excluding hydrogens is 220 g/mol. The molecule has 96 valence electrons. The predicted molar refractivity (Wildman–Crippen MR) is 72.7 cm³/mol. The standard InChI is InChI=1S/C12H26N2OS/c1-9(7-8-16-6)14(5)11(15)10(13)12(2,3)4/h9-10H,7-8,13H2,1-6H3. The number of rotatable bonds is 5. The third kappa shape index (κ3) is 4.74. The van der Waals surface area contributed by atoms with E-state index >= 15 is 0 Å². The molecule has 0 rings (SSSR count). The highest BCUT2D eigenvalue weighted by Crippen LogP contribution is 2.20. The normalized spacial score (nSPS) is 15.7. The van der Waals surface area contributed by atoms with Gasteiger partial charge >= 0.3 is 0 Å². The smallest absolute Gasteiger partial charge is 0.240 e. The van der Waals surface area contributed by atoms with Gasteiger partial charge in [-0.2, -0.15) is 11.8 Å². The van der Waals surface area contributed by atoms with Crippen molar-refractivity contribution < 1.29 is 4.79 Å². The van der Waals surface area contributed by atoms with Crippen molar-refractivity contribution in [3.63, 3.8) is 0 Å². The summed E-state index contributed by atoms with van der Waals surface area (Å²) in [5, 5.41) is 0. The Bertz CT molecular complexity index is 226. The van der Waals surface area contributed by atoms with E-state index in [4.69, 9.17) is 5.73 Å². The van der Waals surface area contributed by atoms with E-state index in [2.05, 4.69) is 13.2 Å². The largest absolute Gasteiger partial charge is 0.342 e. The Kier molecular flexibility index (Phi) is 6.41. The van der Waals surface area contributed by atoms with Crippen molar-refractivity contribution in [3.05, 3.63) is 0 Å². The van der Waals surface area contributed by atoms with Crippen molar-refractivity contribution in [2.24, 2.45) is 11.1 Å². The van der Waals surface area contributed by atoms with E-state index in [1.54, 1.807) is 16.7 Å². The predicted octanol–water partition coefficient (Wildman–Crippen LogP) is 1.96. The number of nitrogens with two attached hydrogens (primary N) is 1. The second-order valence-electron chi connectivity index (χ2n) is 5.42. The second-order valence-corrected chi connectivity index (χ2v) is 6.41. The Morgan fingerprint density at radius 1 is 1.44 bits per heavy atom. The van der Waals surface area contributed by atoms with Crippen LogP contribution in [0.3, 0.4) is 0 Å². The van der Waals surface area contributed by atoms with E-state index in [1.807, 2.05) is 27.8 Å². The first-order chi connectivity index (χ1) is 7.21. The highest BCUT2D eigenvalue weighted by atomic mass is 32.2. The molecule has 2 atom stereocenters. The molecule has 1 amide bonds. The number of thioether (sulfide) groups is 1. The third-order valence-electron chi connectivity index (χ3n) is 2.95. The van der Waals surface area contributed by atoms with Crippen molar-refractivity contribution in [2.45, 2.75) is 46.2 Å². The van der Waals surface area contributed by atoms with Crippen molar-refractivity contribution >= 4 is 17.7 Å². The third-order valence-corrected chi connectivity index (χ3v) is 3.59. The summed E-state index contributed by atoms with van der Waals surface area (Å²) in [4.78, 5) is 13.9. The number of carbonyl (C=O) groups is 1. The molecule has 0 saturated carbocycles. The van der Waals surface area contributed by atoms with Gasteiger partial charge in [-0.15, -0.1) is 0 Å². The fraction of sp³-hybridized carbons (Fsp3) is 0.917. The van der Waals surface area contributed by atoms with Crippen LogP contribution in [-0.4, -0.2) is 41.9 Å². The highest BCUT2D eigenvalue weighted by Gasteiger charge is 2.31. The maximum absolute atomic E-state index is 12.1. The zero-order valence-electron chi connectivity index (χ0n) is 11.4. The van der Waals surface area contributed by atoms with Crippen molar-refractivity contribution in [1.29, 1.82) is 0 Å². The molecule has 0 aliphatic rings. The van der Waals surface area contributed by atoms with E-state index < -0.39 is 6.04 Å². The van der Waals surface area contributed by atoms with Gasteiger partial charge in [0.05, 0.1) is 6.04 Å². The van der Waals surface area contributed by atoms with Crippen LogP contribution in [0.15, 0.2) is 0 Å². The number of nitrogens with zero attached hydrogens (tertiary/aromatic N) is 1. The minimum Gasteiger partial charge on any atom is -0.342 e. The van der Waals surface area contributed by atoms with Gasteiger partial charge in [-0.1, -0.05) is 20.8 Å². The molecule has 0 spiro atoms. The molecule has 0 heterocycles. The molecule has 0 aliphatic heterocycles. The van der Waals surface area contributed by atoms with E-state index in [1.165, 1.54) is 0 Å². The highest BCUT2D eigenvalue weighted by molar-refractivity contribution is 7.98. The molecule has 0 aromatic rings. The van der Waals surface area contributed by atoms with E-state index in [9.17, 15) is 4.79 Å². The average Bonchev–Trinajstić information content (AvgIpc) is 2.21. The number of likely N-dealkylation sites (N-methyl/N-ethyl adjacent to an activating group) is 1. The summed E-state index contributed by atoms with van der Waals surface area (Å²) in [5.41, 5.74) is 5.79. The molecule has 0 aliphatic carbocycles. The van der Waals surface area contributed by atoms with Crippen LogP contribution in [0.4, 0.5) is 0 Å². The lowest BCUT2D eigenvalue weighted by atomic mass is 9.86. The van der Waals surface area contributed by atoms with Gasteiger partial charge in [0.1, 0.15) is 0 Å². The lowest BCUT2D eigenvalue weighted by Gasteiger charge is -2.33. The number of carbonyl (C=O) groups excluding carboxylic acids is 1. The van der Waals surface area contributed by atoms with Crippen molar-refractivity contribution in [3.8, 4) is 0 Å². The van der Waals surface area contributed by atoms with Crippen LogP contribution >= 0.6 is 11.8 Å². The Balaban J connectivity index is 4.37. The lowest BCUT2D eigenvalue weighted by Crippen LogP contribution is -2.51. The van der Waals surface area contributed by atoms with Gasteiger partial charge in [0.2, 0.25) is 5.91 Å². The molecule has 2 unspecified atom stereocenters. The van der Waals surface area contributed by atoms with Crippen LogP contribution < -0.4 is 5.73 Å². The van der Waals surface area contributed by atoms with Gasteiger partial charge in [-0.3, -0.25) is 4.79 Å². The molecule has 0 aromatic carbocycles. The summed E-state index contributed by atoms with van der Waals surface area (Å²) in [6, 6.07) is -0.164. The first-order valence-electron chi connectivity index (χ1n) is 5.73. The van der Waals surface area contributed by atoms with Gasteiger partial charge in [-0.25, -0.2) is 0 Å². The molecule has 16 heavy (non-hydrogen) atoms. The average molecular weight is 246 g/mol. The summed E-state index contributed by atoms with van der Waals surface area (Å²) in [6.45, 7) is 8.06. The van der Waals surface area contributed by atoms with Crippen LogP contribution in [0, 0.1) is 5.41 Å². The number of amides is 1. The van der Waals surface area contributed by atoms with Gasteiger partial charge in [0.25, 0.3) is 0 Å². The zero-order chi connectivity index (χ0) is 12.9. The minimum atomic E-state index is -0.422. The molecular formula is C12H26N2OS. The Morgan fingerprint density at radius 2 is 1.94 bits per heavy atom. The van der Waals surface area contributed by atoms with Gasteiger partial charge in [0.15, 0.2) is 0 Å². The van der Waals surface area contributed by atoms with Gasteiger partial charge in [-0.05, 0) is 30.8 Å². The molecule has 0 aromatic heterocycles. The molecule has 4 heteroatoms. The molecule has 2 N–H and O–H groups in total. The number of hydrogen-bond acceptors (Lipinski definition) is 3. The molecule has 0 radical (unpaired) electrons. The summed E-state index contributed by atoms with van der Waals surface area (Å²) < 4.78 is 0. The zero-order valence-corrected chi connectivity index (χ0v) is 12.2. The Labute approximate surface area is 104 Å². The Morgan fingerprint density at radius 3 is 2.31 bits per heavy atom. The first-order valence-corrected chi connectivity index (χ1v) is 7.12. The van der Waals surface area contributed by atoms with Crippen LogP contribution in [0.2, 0.25) is 0 Å². The minimum absolute atomic E-state index is 0.0427. The topological polar surface area (TPSA) is 46.3 Å². The molecule has 0 saturated heterocycles. The van der Waals surface area contributed by atoms with Crippen molar-refractivity contribution in [2.75, 3.05) is 19.1 Å². The lowest BCUT2D eigenvalue weighted by molar-refractivity contribution is -0.135. The summed E-state index contributed by atoms with van der Waals surface area (Å²) >= 11 is 1.80. The maximum atomic E-state index is 12.1. The van der Waals surface area contributed by atoms with Crippen LogP contribution in [-0.2, 0) is 4.79 Å². The molecule has 3 nitrogen and oxygen atoms in total.